The number of thiocarbonyl (C=S) groups is 1. The average molecular weight is 201 g/mol. The Balaban J connectivity index is 2.39. The molecule has 0 aliphatic heterocycles. The van der Waals surface area contributed by atoms with Crippen LogP contribution >= 0.6 is 23.6 Å². The number of hydrogen-bond acceptors (Lipinski definition) is 3. The van der Waals surface area contributed by atoms with Crippen LogP contribution in [0.3, 0.4) is 0 Å². The Morgan fingerprint density at radius 1 is 1.92 bits per heavy atom. The summed E-state index contributed by atoms with van der Waals surface area (Å²) in [6.45, 7) is 2.84. The molecule has 1 aromatic rings. The van der Waals surface area contributed by atoms with E-state index in [1.165, 1.54) is 0 Å². The van der Waals surface area contributed by atoms with Crippen LogP contribution in [0.1, 0.15) is 17.8 Å². The van der Waals surface area contributed by atoms with Crippen LogP contribution in [0, 0.1) is 0 Å². The predicted octanol–water partition coefficient (Wildman–Crippen LogP) is 1.08. The van der Waals surface area contributed by atoms with Crippen molar-refractivity contribution in [3.8, 4) is 0 Å². The Morgan fingerprint density at radius 3 is 3.17 bits per heavy atom. The molecule has 0 aliphatic carbocycles. The number of aromatic nitrogens is 1. The molecule has 0 spiro atoms. The van der Waals surface area contributed by atoms with Crippen molar-refractivity contribution >= 4 is 28.7 Å². The lowest BCUT2D eigenvalue weighted by atomic mass is 10.2. The summed E-state index contributed by atoms with van der Waals surface area (Å²) in [4.78, 5) is 4.19. The maximum atomic E-state index is 5.30. The van der Waals surface area contributed by atoms with E-state index < -0.39 is 0 Å². The van der Waals surface area contributed by atoms with Gasteiger partial charge in [-0.3, -0.25) is 0 Å². The van der Waals surface area contributed by atoms with Crippen molar-refractivity contribution in [1.82, 2.24) is 10.3 Å². The maximum absolute atomic E-state index is 5.30. The van der Waals surface area contributed by atoms with Gasteiger partial charge in [-0.1, -0.05) is 6.92 Å². The minimum Gasteiger partial charge on any atom is -0.376 e. The van der Waals surface area contributed by atoms with Gasteiger partial charge < -0.3 is 11.1 Å². The van der Waals surface area contributed by atoms with Gasteiger partial charge >= 0.3 is 0 Å². The summed E-state index contributed by atoms with van der Waals surface area (Å²) in [5, 5.41) is 6.33. The molecule has 1 rings (SSSR count). The molecule has 0 radical (unpaired) electrons. The lowest BCUT2D eigenvalue weighted by Crippen LogP contribution is -2.31. The Kier molecular flexibility index (Phi) is 3.43. The lowest BCUT2D eigenvalue weighted by Gasteiger charge is -2.08. The molecular weight excluding hydrogens is 190 g/mol. The summed E-state index contributed by atoms with van der Waals surface area (Å²) in [7, 11) is 0. The first-order valence-corrected chi connectivity index (χ1v) is 4.91. The van der Waals surface area contributed by atoms with Crippen LogP contribution in [0.5, 0.6) is 0 Å². The molecule has 1 unspecified atom stereocenters. The zero-order chi connectivity index (χ0) is 8.97. The third kappa shape index (κ3) is 2.75. The molecule has 1 heterocycles. The molecule has 0 amide bonds. The number of hydrogen-bond donors (Lipinski definition) is 2. The van der Waals surface area contributed by atoms with E-state index in [-0.39, 0.29) is 0 Å². The standard InChI is InChI=1S/C7H11N3S2/c1-5(4-10-7(8)11)6-9-2-3-12-6/h2-3,5H,4H2,1H3,(H3,8,10,11). The minimum atomic E-state index is 0.346. The molecule has 12 heavy (non-hydrogen) atoms. The SMILES string of the molecule is CC(CNC(N)=S)c1nccs1. The number of thiazole rings is 1. The van der Waals surface area contributed by atoms with Gasteiger partial charge in [-0.15, -0.1) is 11.3 Å². The third-order valence-corrected chi connectivity index (χ3v) is 2.61. The molecule has 0 saturated carbocycles. The van der Waals surface area contributed by atoms with Crippen molar-refractivity contribution in [3.05, 3.63) is 16.6 Å². The van der Waals surface area contributed by atoms with Crippen molar-refractivity contribution in [2.45, 2.75) is 12.8 Å². The van der Waals surface area contributed by atoms with Gasteiger partial charge in [0.1, 0.15) is 0 Å². The summed E-state index contributed by atoms with van der Waals surface area (Å²) in [6.07, 6.45) is 1.80. The van der Waals surface area contributed by atoms with Crippen LogP contribution in [0.15, 0.2) is 11.6 Å². The first-order valence-electron chi connectivity index (χ1n) is 3.63. The number of nitrogens with two attached hydrogens (primary N) is 1. The van der Waals surface area contributed by atoms with Crippen molar-refractivity contribution < 1.29 is 0 Å². The van der Waals surface area contributed by atoms with E-state index in [1.54, 1.807) is 17.5 Å². The van der Waals surface area contributed by atoms with E-state index in [4.69, 9.17) is 18.0 Å². The summed E-state index contributed by atoms with van der Waals surface area (Å²) in [5.74, 6) is 0.367. The normalized spacial score (nSPS) is 12.4. The molecule has 0 saturated heterocycles. The van der Waals surface area contributed by atoms with Crippen LogP contribution in [-0.4, -0.2) is 16.6 Å². The number of rotatable bonds is 3. The van der Waals surface area contributed by atoms with E-state index >= 15 is 0 Å². The summed E-state index contributed by atoms with van der Waals surface area (Å²) < 4.78 is 0. The fraction of sp³-hybridized carbons (Fsp3) is 0.429. The van der Waals surface area contributed by atoms with Gasteiger partial charge in [0.05, 0.1) is 5.01 Å². The fourth-order valence-corrected chi connectivity index (χ4v) is 1.60. The molecular formula is C7H11N3S2. The molecule has 0 aliphatic rings. The second kappa shape index (κ2) is 4.37. The molecule has 66 valence electrons. The quantitative estimate of drug-likeness (QED) is 0.719. The highest BCUT2D eigenvalue weighted by Crippen LogP contribution is 2.15. The minimum absolute atomic E-state index is 0.346. The van der Waals surface area contributed by atoms with Crippen molar-refractivity contribution in [2.75, 3.05) is 6.54 Å². The van der Waals surface area contributed by atoms with Gasteiger partial charge in [-0.2, -0.15) is 0 Å². The Bertz CT molecular complexity index is 245. The Morgan fingerprint density at radius 2 is 2.67 bits per heavy atom. The number of nitrogens with zero attached hydrogens (tertiary/aromatic N) is 1. The van der Waals surface area contributed by atoms with Gasteiger partial charge in [-0.05, 0) is 12.2 Å². The molecule has 0 bridgehead atoms. The van der Waals surface area contributed by atoms with Crippen molar-refractivity contribution in [2.24, 2.45) is 5.73 Å². The van der Waals surface area contributed by atoms with Gasteiger partial charge in [0, 0.05) is 24.0 Å². The van der Waals surface area contributed by atoms with Crippen LogP contribution in [-0.2, 0) is 0 Å². The molecule has 3 nitrogen and oxygen atoms in total. The molecule has 1 aromatic heterocycles. The lowest BCUT2D eigenvalue weighted by molar-refractivity contribution is 0.716. The second-order valence-electron chi connectivity index (χ2n) is 2.52. The summed E-state index contributed by atoms with van der Waals surface area (Å²) >= 11 is 6.34. The first-order chi connectivity index (χ1) is 5.70. The van der Waals surface area contributed by atoms with Crippen molar-refractivity contribution in [3.63, 3.8) is 0 Å². The number of nitrogens with one attached hydrogen (secondary N) is 1. The zero-order valence-corrected chi connectivity index (χ0v) is 8.41. The molecule has 0 aromatic carbocycles. The van der Waals surface area contributed by atoms with Crippen LogP contribution in [0.4, 0.5) is 0 Å². The van der Waals surface area contributed by atoms with Crippen LogP contribution in [0.25, 0.3) is 0 Å². The smallest absolute Gasteiger partial charge is 0.163 e. The second-order valence-corrected chi connectivity index (χ2v) is 3.88. The Hall–Kier alpha value is -0.680. The third-order valence-electron chi connectivity index (χ3n) is 1.46. The van der Waals surface area contributed by atoms with E-state index in [0.29, 0.717) is 11.0 Å². The monoisotopic (exact) mass is 201 g/mol. The Labute approximate surface area is 81.0 Å². The van der Waals surface area contributed by atoms with E-state index in [1.807, 2.05) is 5.38 Å². The highest BCUT2D eigenvalue weighted by molar-refractivity contribution is 7.80. The van der Waals surface area contributed by atoms with Crippen LogP contribution < -0.4 is 11.1 Å². The fourth-order valence-electron chi connectivity index (χ4n) is 0.819. The molecule has 0 fully saturated rings. The summed E-state index contributed by atoms with van der Waals surface area (Å²) in [6, 6.07) is 0. The largest absolute Gasteiger partial charge is 0.376 e. The van der Waals surface area contributed by atoms with Gasteiger partial charge in [0.25, 0.3) is 0 Å². The van der Waals surface area contributed by atoms with E-state index in [9.17, 15) is 0 Å². The van der Waals surface area contributed by atoms with Gasteiger partial charge in [-0.25, -0.2) is 4.98 Å². The predicted molar refractivity (Wildman–Crippen MR) is 55.3 cm³/mol. The topological polar surface area (TPSA) is 50.9 Å². The van der Waals surface area contributed by atoms with Crippen LogP contribution in [0.2, 0.25) is 0 Å². The highest BCUT2D eigenvalue weighted by Gasteiger charge is 2.06. The molecule has 3 N–H and O–H groups in total. The van der Waals surface area contributed by atoms with Gasteiger partial charge in [0.15, 0.2) is 5.11 Å². The first kappa shape index (κ1) is 9.41. The summed E-state index contributed by atoms with van der Waals surface area (Å²) in [5.41, 5.74) is 5.30. The van der Waals surface area contributed by atoms with E-state index in [2.05, 4.69) is 17.2 Å². The van der Waals surface area contributed by atoms with Gasteiger partial charge in [0.2, 0.25) is 0 Å². The van der Waals surface area contributed by atoms with Crippen molar-refractivity contribution in [1.29, 1.82) is 0 Å². The molecule has 1 atom stereocenters. The molecule has 5 heteroatoms. The maximum Gasteiger partial charge on any atom is 0.163 e. The average Bonchev–Trinajstić information content (AvgIpc) is 2.51. The zero-order valence-electron chi connectivity index (χ0n) is 6.78. The van der Waals surface area contributed by atoms with E-state index in [0.717, 1.165) is 11.6 Å². The highest BCUT2D eigenvalue weighted by atomic mass is 32.1.